The fourth-order valence-corrected chi connectivity index (χ4v) is 4.02. The van der Waals surface area contributed by atoms with Crippen LogP contribution >= 0.6 is 11.6 Å². The van der Waals surface area contributed by atoms with Crippen LogP contribution in [0.2, 0.25) is 5.02 Å². The largest absolute Gasteiger partial charge is 0.390 e. The maximum atomic E-state index is 12.4. The molecule has 2 aromatic rings. The Bertz CT molecular complexity index is 812. The van der Waals surface area contributed by atoms with Gasteiger partial charge in [0.05, 0.1) is 16.7 Å². The third-order valence-corrected chi connectivity index (χ3v) is 5.64. The van der Waals surface area contributed by atoms with Gasteiger partial charge in [-0.25, -0.2) is 0 Å². The van der Waals surface area contributed by atoms with E-state index in [4.69, 9.17) is 11.6 Å². The lowest BCUT2D eigenvalue weighted by atomic mass is 9.77. The van der Waals surface area contributed by atoms with Crippen LogP contribution < -0.4 is 5.32 Å². The minimum absolute atomic E-state index is 0. The molecule has 0 atom stereocenters. The second kappa shape index (κ2) is 5.71. The van der Waals surface area contributed by atoms with Crippen LogP contribution in [0, 0.1) is 0 Å². The van der Waals surface area contributed by atoms with Gasteiger partial charge >= 0.3 is 0 Å². The van der Waals surface area contributed by atoms with Gasteiger partial charge < -0.3 is 10.4 Å². The summed E-state index contributed by atoms with van der Waals surface area (Å²) in [5.74, 6) is 0.405. The summed E-state index contributed by atoms with van der Waals surface area (Å²) in [6.45, 7) is 1.79. The number of pyridine rings is 1. The quantitative estimate of drug-likeness (QED) is 0.881. The van der Waals surface area contributed by atoms with Crippen molar-refractivity contribution in [2.45, 2.75) is 56.6 Å². The van der Waals surface area contributed by atoms with Gasteiger partial charge in [-0.05, 0) is 62.3 Å². The first-order valence-corrected chi connectivity index (χ1v) is 8.91. The topological polar surface area (TPSA) is 62.2 Å². The Kier molecular flexibility index (Phi) is 3.77. The minimum Gasteiger partial charge on any atom is -0.390 e. The molecule has 0 saturated heterocycles. The van der Waals surface area contributed by atoms with Crippen molar-refractivity contribution in [3.8, 4) is 0 Å². The van der Waals surface area contributed by atoms with Gasteiger partial charge in [-0.3, -0.25) is 9.78 Å². The van der Waals surface area contributed by atoms with E-state index in [2.05, 4.69) is 16.4 Å². The van der Waals surface area contributed by atoms with E-state index in [1.54, 1.807) is 13.1 Å². The van der Waals surface area contributed by atoms with E-state index in [9.17, 15) is 9.90 Å². The summed E-state index contributed by atoms with van der Waals surface area (Å²) in [6, 6.07) is 5.85. The van der Waals surface area contributed by atoms with E-state index in [0.29, 0.717) is 24.3 Å². The monoisotopic (exact) mass is 346 g/mol. The van der Waals surface area contributed by atoms with Crippen molar-refractivity contribution in [3.63, 3.8) is 0 Å². The maximum Gasteiger partial charge on any atom is 0.253 e. The van der Waals surface area contributed by atoms with E-state index in [1.165, 1.54) is 24.8 Å². The Morgan fingerprint density at radius 2 is 2.12 bits per heavy atom. The van der Waals surface area contributed by atoms with Gasteiger partial charge in [-0.15, -0.1) is 0 Å². The molecule has 5 heteroatoms. The lowest BCUT2D eigenvalue weighted by molar-refractivity contribution is -0.0366. The average Bonchev–Trinajstić information content (AvgIpc) is 2.43. The van der Waals surface area contributed by atoms with Crippen LogP contribution in [0.5, 0.6) is 0 Å². The molecule has 2 saturated carbocycles. The van der Waals surface area contributed by atoms with Crippen molar-refractivity contribution in [3.05, 3.63) is 40.5 Å². The molecule has 0 aliphatic heterocycles. The van der Waals surface area contributed by atoms with Crippen LogP contribution in [0.4, 0.5) is 0 Å². The molecule has 2 aliphatic rings. The van der Waals surface area contributed by atoms with Crippen molar-refractivity contribution in [1.82, 2.24) is 10.3 Å². The zero-order valence-corrected chi connectivity index (χ0v) is 14.4. The van der Waals surface area contributed by atoms with Crippen molar-refractivity contribution >= 4 is 28.4 Å². The summed E-state index contributed by atoms with van der Waals surface area (Å²) in [7, 11) is 0. The Labute approximate surface area is 147 Å². The number of nitrogens with one attached hydrogen (secondary N) is 1. The number of rotatable bonds is 3. The molecule has 0 bridgehead atoms. The highest BCUT2D eigenvalue weighted by Crippen LogP contribution is 2.41. The normalized spacial score (nSPS) is 26.7. The molecule has 4 nitrogen and oxygen atoms in total. The average molecular weight is 347 g/mol. The Morgan fingerprint density at radius 3 is 2.75 bits per heavy atom. The molecule has 1 heterocycles. The first-order chi connectivity index (χ1) is 11.4. The Hall–Kier alpha value is -1.65. The Morgan fingerprint density at radius 1 is 1.38 bits per heavy atom. The molecule has 2 N–H and O–H groups in total. The first-order valence-electron chi connectivity index (χ1n) is 8.54. The summed E-state index contributed by atoms with van der Waals surface area (Å²) in [6.07, 6.45) is 6.45. The molecular formula is C19H23ClN2O2. The smallest absolute Gasteiger partial charge is 0.253 e. The van der Waals surface area contributed by atoms with Crippen LogP contribution in [0.15, 0.2) is 24.4 Å². The van der Waals surface area contributed by atoms with Gasteiger partial charge in [-0.1, -0.05) is 18.0 Å². The van der Waals surface area contributed by atoms with Gasteiger partial charge in [0, 0.05) is 24.1 Å². The first kappa shape index (κ1) is 15.9. The van der Waals surface area contributed by atoms with Gasteiger partial charge in [0.1, 0.15) is 0 Å². The summed E-state index contributed by atoms with van der Waals surface area (Å²) in [4.78, 5) is 16.8. The van der Waals surface area contributed by atoms with Gasteiger partial charge in [0.2, 0.25) is 0 Å². The standard InChI is InChI=1S/C19H21ClN2O2.H2/c1-19(24)8-14(9-19)22-18(23)13-5-12-6-16(20)15(11-3-2-4-11)7-17(12)21-10-13;/h5-7,10-11,14,24H,2-4,8-9H2,1H3,(H,22,23);1H. The van der Waals surface area contributed by atoms with E-state index in [-0.39, 0.29) is 13.4 Å². The molecule has 128 valence electrons. The van der Waals surface area contributed by atoms with Crippen LogP contribution in [0.3, 0.4) is 0 Å². The van der Waals surface area contributed by atoms with Gasteiger partial charge in [0.25, 0.3) is 5.91 Å². The van der Waals surface area contributed by atoms with Gasteiger partial charge in [-0.2, -0.15) is 0 Å². The number of carbonyl (C=O) groups is 1. The zero-order valence-electron chi connectivity index (χ0n) is 13.7. The number of aliphatic hydroxyl groups is 1. The highest BCUT2D eigenvalue weighted by Gasteiger charge is 2.39. The number of carbonyl (C=O) groups excluding carboxylic acids is 1. The second-order valence-electron chi connectivity index (χ2n) is 7.49. The van der Waals surface area contributed by atoms with Crippen LogP contribution in [0.1, 0.15) is 62.3 Å². The zero-order chi connectivity index (χ0) is 16.9. The Balaban J connectivity index is 0.00000182. The lowest BCUT2D eigenvalue weighted by Gasteiger charge is -2.41. The molecule has 4 rings (SSSR count). The molecular weight excluding hydrogens is 324 g/mol. The molecule has 0 spiro atoms. The van der Waals surface area contributed by atoms with Gasteiger partial charge in [0.15, 0.2) is 0 Å². The maximum absolute atomic E-state index is 12.4. The number of fused-ring (bicyclic) bond motifs is 1. The van der Waals surface area contributed by atoms with Crippen LogP contribution in [0.25, 0.3) is 10.9 Å². The predicted molar refractivity (Wildman–Crippen MR) is 96.6 cm³/mol. The SMILES string of the molecule is CC1(O)CC(NC(=O)c2cnc3cc(C4CCC4)c(Cl)cc3c2)C1.[HH]. The van der Waals surface area contributed by atoms with Crippen molar-refractivity contribution in [1.29, 1.82) is 0 Å². The molecule has 0 unspecified atom stereocenters. The molecule has 2 aliphatic carbocycles. The number of hydrogen-bond acceptors (Lipinski definition) is 3. The number of aromatic nitrogens is 1. The lowest BCUT2D eigenvalue weighted by Crippen LogP contribution is -2.53. The fraction of sp³-hybridized carbons (Fsp3) is 0.474. The highest BCUT2D eigenvalue weighted by atomic mass is 35.5. The summed E-state index contributed by atoms with van der Waals surface area (Å²) < 4.78 is 0. The summed E-state index contributed by atoms with van der Waals surface area (Å²) >= 11 is 6.43. The second-order valence-corrected chi connectivity index (χ2v) is 7.90. The highest BCUT2D eigenvalue weighted by molar-refractivity contribution is 6.32. The van der Waals surface area contributed by atoms with Crippen molar-refractivity contribution in [2.24, 2.45) is 0 Å². The van der Waals surface area contributed by atoms with Crippen molar-refractivity contribution < 1.29 is 11.3 Å². The van der Waals surface area contributed by atoms with Crippen LogP contribution in [-0.4, -0.2) is 27.6 Å². The molecule has 24 heavy (non-hydrogen) atoms. The summed E-state index contributed by atoms with van der Waals surface area (Å²) in [5.41, 5.74) is 1.94. The molecule has 1 aromatic carbocycles. The number of benzene rings is 1. The predicted octanol–water partition coefficient (Wildman–Crippen LogP) is 4.04. The number of nitrogens with zero attached hydrogens (tertiary/aromatic N) is 1. The van der Waals surface area contributed by atoms with Crippen molar-refractivity contribution in [2.75, 3.05) is 0 Å². The van der Waals surface area contributed by atoms with E-state index in [0.717, 1.165) is 15.9 Å². The molecule has 1 aromatic heterocycles. The molecule has 1 amide bonds. The minimum atomic E-state index is -0.648. The number of hydrogen-bond donors (Lipinski definition) is 2. The third kappa shape index (κ3) is 2.89. The fourth-order valence-electron chi connectivity index (χ4n) is 3.69. The van der Waals surface area contributed by atoms with E-state index < -0.39 is 5.60 Å². The third-order valence-electron chi connectivity index (χ3n) is 5.31. The van der Waals surface area contributed by atoms with Crippen LogP contribution in [-0.2, 0) is 0 Å². The van der Waals surface area contributed by atoms with E-state index >= 15 is 0 Å². The molecule has 0 radical (unpaired) electrons. The number of amides is 1. The molecule has 2 fully saturated rings. The van der Waals surface area contributed by atoms with E-state index in [1.807, 2.05) is 12.1 Å². The summed E-state index contributed by atoms with van der Waals surface area (Å²) in [5, 5.41) is 14.4. The number of halogens is 1.